The molecule has 0 atom stereocenters. The maximum atomic E-state index is 7.24. The minimum Gasteiger partial charge on any atom is -0.456 e. The number of fused-ring (bicyclic) bond motifs is 7. The number of hydrogen-bond donors (Lipinski definition) is 0. The molecule has 338 valence electrons. The summed E-state index contributed by atoms with van der Waals surface area (Å²) in [7, 11) is 0. The van der Waals surface area contributed by atoms with Crippen LogP contribution < -0.4 is 26.2 Å². The molecule has 0 bridgehead atoms. The predicted octanol–water partition coefficient (Wildman–Crippen LogP) is 17.3. The van der Waals surface area contributed by atoms with E-state index in [4.69, 9.17) is 27.6 Å². The summed E-state index contributed by atoms with van der Waals surface area (Å²) < 4.78 is 6.43. The summed E-state index contributed by atoms with van der Waals surface area (Å²) in [6.45, 7) is -0.190. The van der Waals surface area contributed by atoms with Crippen molar-refractivity contribution in [2.24, 2.45) is 0 Å². The van der Waals surface area contributed by atoms with Crippen molar-refractivity contribution >= 4 is 102 Å². The maximum Gasteiger partial charge on any atom is 0.252 e. The Morgan fingerprint density at radius 1 is 0.306 bits per heavy atom. The van der Waals surface area contributed by atoms with Crippen LogP contribution in [0.4, 0.5) is 34.1 Å². The molecule has 2 aliphatic rings. The van der Waals surface area contributed by atoms with Gasteiger partial charge in [0.2, 0.25) is 0 Å². The van der Waals surface area contributed by atoms with Gasteiger partial charge in [0.05, 0.1) is 11.4 Å². The third-order valence-corrected chi connectivity index (χ3v) is 15.0. The van der Waals surface area contributed by atoms with Crippen molar-refractivity contribution in [3.8, 4) is 55.6 Å². The van der Waals surface area contributed by atoms with Gasteiger partial charge >= 0.3 is 0 Å². The van der Waals surface area contributed by atoms with Gasteiger partial charge in [0.25, 0.3) is 6.71 Å². The molecule has 3 heterocycles. The van der Waals surface area contributed by atoms with Crippen molar-refractivity contribution in [2.75, 3.05) is 9.80 Å². The molecule has 12 aromatic rings. The van der Waals surface area contributed by atoms with E-state index in [1.54, 1.807) is 0 Å². The molecule has 0 radical (unpaired) electrons. The van der Waals surface area contributed by atoms with E-state index >= 15 is 0 Å². The SMILES string of the molecule is Clc1ccc2c(c1)N(c1c(-c3ccccc3)cccc1-c1ccccc1)c1cc(-c3ccc4oc5ccccc5c4c3)cc3c1B2c1ccc(Cl)cc1N3c1c(-c2ccccc2)cccc1-c1ccccc1. The molecule has 0 saturated heterocycles. The predicted molar refractivity (Wildman–Crippen MR) is 305 cm³/mol. The van der Waals surface area contributed by atoms with Gasteiger partial charge in [-0.15, -0.1) is 0 Å². The number of anilines is 6. The van der Waals surface area contributed by atoms with E-state index in [2.05, 4.69) is 234 Å². The normalized spacial score (nSPS) is 12.5. The third kappa shape index (κ3) is 6.82. The van der Waals surface area contributed by atoms with Crippen LogP contribution in [0.5, 0.6) is 0 Å². The Bertz CT molecular complexity index is 3760. The van der Waals surface area contributed by atoms with E-state index in [0.717, 1.165) is 123 Å². The van der Waals surface area contributed by atoms with Gasteiger partial charge in [-0.05, 0) is 104 Å². The molecule has 0 amide bonds. The quantitative estimate of drug-likeness (QED) is 0.148. The first-order valence-corrected chi connectivity index (χ1v) is 25.1. The lowest BCUT2D eigenvalue weighted by Gasteiger charge is -2.46. The van der Waals surface area contributed by atoms with Crippen LogP contribution >= 0.6 is 23.2 Å². The molecule has 2 aliphatic heterocycles. The van der Waals surface area contributed by atoms with Gasteiger partial charge < -0.3 is 14.2 Å². The maximum absolute atomic E-state index is 7.24. The summed E-state index contributed by atoms with van der Waals surface area (Å²) >= 11 is 14.5. The van der Waals surface area contributed by atoms with Gasteiger partial charge in [-0.3, -0.25) is 0 Å². The molecule has 72 heavy (non-hydrogen) atoms. The fourth-order valence-corrected chi connectivity index (χ4v) is 11.8. The molecule has 0 saturated carbocycles. The highest BCUT2D eigenvalue weighted by atomic mass is 35.5. The van der Waals surface area contributed by atoms with E-state index < -0.39 is 0 Å². The highest BCUT2D eigenvalue weighted by molar-refractivity contribution is 7.00. The second kappa shape index (κ2) is 17.1. The van der Waals surface area contributed by atoms with Crippen molar-refractivity contribution in [1.82, 2.24) is 0 Å². The number of benzene rings is 11. The molecule has 0 fully saturated rings. The summed E-state index contributed by atoms with van der Waals surface area (Å²) in [5, 5.41) is 3.47. The Labute approximate surface area is 428 Å². The lowest BCUT2D eigenvalue weighted by atomic mass is 9.33. The van der Waals surface area contributed by atoms with Crippen LogP contribution in [-0.2, 0) is 0 Å². The number of para-hydroxylation sites is 3. The van der Waals surface area contributed by atoms with Crippen molar-refractivity contribution in [1.29, 1.82) is 0 Å². The molecular formula is C66H41BCl2N2O. The number of rotatable bonds is 7. The average molecular weight is 960 g/mol. The molecule has 0 aliphatic carbocycles. The second-order valence-corrected chi connectivity index (χ2v) is 19.5. The van der Waals surface area contributed by atoms with Gasteiger partial charge in [-0.2, -0.15) is 0 Å². The van der Waals surface area contributed by atoms with Crippen LogP contribution in [0.15, 0.2) is 253 Å². The first-order chi connectivity index (χ1) is 35.6. The fraction of sp³-hybridized carbons (Fsp3) is 0. The Morgan fingerprint density at radius 3 is 1.18 bits per heavy atom. The zero-order valence-electron chi connectivity index (χ0n) is 38.8. The van der Waals surface area contributed by atoms with Gasteiger partial charge in [-0.25, -0.2) is 0 Å². The molecule has 0 unspecified atom stereocenters. The lowest BCUT2D eigenvalue weighted by Crippen LogP contribution is -2.61. The monoisotopic (exact) mass is 958 g/mol. The Hall–Kier alpha value is -8.54. The van der Waals surface area contributed by atoms with E-state index in [-0.39, 0.29) is 6.71 Å². The summed E-state index contributed by atoms with van der Waals surface area (Å²) in [6, 6.07) is 89.0. The van der Waals surface area contributed by atoms with Crippen LogP contribution in [-0.4, -0.2) is 6.71 Å². The van der Waals surface area contributed by atoms with Crippen LogP contribution in [0, 0.1) is 0 Å². The van der Waals surface area contributed by atoms with Crippen LogP contribution in [0.3, 0.4) is 0 Å². The van der Waals surface area contributed by atoms with Gasteiger partial charge in [0, 0.05) is 65.8 Å². The summed E-state index contributed by atoms with van der Waals surface area (Å²) in [5.74, 6) is 0. The first-order valence-electron chi connectivity index (χ1n) is 24.3. The van der Waals surface area contributed by atoms with Gasteiger partial charge in [0.15, 0.2) is 0 Å². The van der Waals surface area contributed by atoms with Crippen LogP contribution in [0.1, 0.15) is 0 Å². The van der Waals surface area contributed by atoms with E-state index in [9.17, 15) is 0 Å². The standard InChI is InChI=1S/C66H41BCl2N2O/c68-48-32-34-56-58(40-48)70(65-50(42-17-5-1-6-18-42)26-15-27-51(65)43-19-7-2-8-20-43)60-38-47(46-31-36-63-55(37-46)54-25-13-14-30-62(54)72-63)39-61-64(60)67(56)57-35-33-49(69)41-59(57)71(61)66-52(44-21-9-3-10-22-44)28-16-29-53(66)45-23-11-4-12-24-45/h1-41H. The Kier molecular flexibility index (Phi) is 10.1. The molecule has 14 rings (SSSR count). The second-order valence-electron chi connectivity index (χ2n) is 18.6. The number of nitrogens with zero attached hydrogens (tertiary/aromatic N) is 2. The molecule has 0 spiro atoms. The molecule has 3 nitrogen and oxygen atoms in total. The van der Waals surface area contributed by atoms with E-state index in [0.29, 0.717) is 10.0 Å². The van der Waals surface area contributed by atoms with Gasteiger partial charge in [0.1, 0.15) is 11.2 Å². The highest BCUT2D eigenvalue weighted by Gasteiger charge is 2.45. The summed E-state index contributed by atoms with van der Waals surface area (Å²) in [6.07, 6.45) is 0. The summed E-state index contributed by atoms with van der Waals surface area (Å²) in [4.78, 5) is 5.02. The minimum atomic E-state index is -0.190. The molecule has 11 aromatic carbocycles. The molecular weight excluding hydrogens is 918 g/mol. The molecule has 6 heteroatoms. The van der Waals surface area contributed by atoms with E-state index in [1.165, 1.54) is 5.46 Å². The van der Waals surface area contributed by atoms with Crippen LogP contribution in [0.2, 0.25) is 10.0 Å². The van der Waals surface area contributed by atoms with Crippen molar-refractivity contribution in [3.05, 3.63) is 259 Å². The fourth-order valence-electron chi connectivity index (χ4n) is 11.5. The molecule has 1 aromatic heterocycles. The van der Waals surface area contributed by atoms with Crippen molar-refractivity contribution in [2.45, 2.75) is 0 Å². The minimum absolute atomic E-state index is 0.190. The highest BCUT2D eigenvalue weighted by Crippen LogP contribution is 2.54. The third-order valence-electron chi connectivity index (χ3n) is 14.6. The van der Waals surface area contributed by atoms with E-state index in [1.807, 2.05) is 24.3 Å². The van der Waals surface area contributed by atoms with Gasteiger partial charge in [-0.1, -0.05) is 217 Å². The lowest BCUT2D eigenvalue weighted by molar-refractivity contribution is 0.669. The zero-order chi connectivity index (χ0) is 47.9. The largest absolute Gasteiger partial charge is 0.456 e. The average Bonchev–Trinajstić information content (AvgIpc) is 3.82. The first kappa shape index (κ1) is 42.4. The Morgan fingerprint density at radius 2 is 0.722 bits per heavy atom. The number of hydrogen-bond acceptors (Lipinski definition) is 3. The van der Waals surface area contributed by atoms with Crippen molar-refractivity contribution < 1.29 is 4.42 Å². The topological polar surface area (TPSA) is 19.6 Å². The smallest absolute Gasteiger partial charge is 0.252 e. The van der Waals surface area contributed by atoms with Crippen molar-refractivity contribution in [3.63, 3.8) is 0 Å². The number of halogens is 2. The zero-order valence-corrected chi connectivity index (χ0v) is 40.3. The summed E-state index contributed by atoms with van der Waals surface area (Å²) in [5.41, 5.74) is 22.5. The molecule has 0 N–H and O–H groups in total. The number of furan rings is 1. The Balaban J connectivity index is 1.16. The van der Waals surface area contributed by atoms with Crippen LogP contribution in [0.25, 0.3) is 77.6 Å².